The van der Waals surface area contributed by atoms with Crippen molar-refractivity contribution in [3.63, 3.8) is 0 Å². The molecule has 2 aliphatic carbocycles. The fraction of sp³-hybridized carbons (Fsp3) is 0.800. The number of amides is 1. The molecular formula is C15H24N2O. The molecule has 1 N–H and O–H groups in total. The number of carbonyl (C=O) groups excluding carboxylic acids is 1. The summed E-state index contributed by atoms with van der Waals surface area (Å²) in [6, 6.07) is 0.752. The fourth-order valence-corrected chi connectivity index (χ4v) is 3.14. The van der Waals surface area contributed by atoms with Crippen molar-refractivity contribution in [1.29, 1.82) is 0 Å². The summed E-state index contributed by atoms with van der Waals surface area (Å²) < 4.78 is 0. The summed E-state index contributed by atoms with van der Waals surface area (Å²) in [4.78, 5) is 14.5. The second kappa shape index (κ2) is 5.43. The molecule has 0 radical (unpaired) electrons. The third kappa shape index (κ3) is 2.94. The van der Waals surface area contributed by atoms with Crippen LogP contribution in [-0.2, 0) is 4.79 Å². The molecule has 100 valence electrons. The molecule has 1 saturated heterocycles. The molecule has 2 atom stereocenters. The van der Waals surface area contributed by atoms with Crippen molar-refractivity contribution in [1.82, 2.24) is 10.2 Å². The zero-order valence-corrected chi connectivity index (χ0v) is 11.1. The Morgan fingerprint density at radius 1 is 1.22 bits per heavy atom. The molecule has 18 heavy (non-hydrogen) atoms. The molecular weight excluding hydrogens is 224 g/mol. The van der Waals surface area contributed by atoms with E-state index in [0.717, 1.165) is 25.9 Å². The minimum Gasteiger partial charge on any atom is -0.341 e. The van der Waals surface area contributed by atoms with Gasteiger partial charge < -0.3 is 10.2 Å². The van der Waals surface area contributed by atoms with Crippen LogP contribution in [0.5, 0.6) is 0 Å². The highest BCUT2D eigenvalue weighted by Gasteiger charge is 2.33. The Morgan fingerprint density at radius 2 is 2.11 bits per heavy atom. The van der Waals surface area contributed by atoms with E-state index >= 15 is 0 Å². The molecule has 0 aromatic heterocycles. The lowest BCUT2D eigenvalue weighted by Gasteiger charge is -2.35. The van der Waals surface area contributed by atoms with Crippen molar-refractivity contribution in [3.05, 3.63) is 12.2 Å². The van der Waals surface area contributed by atoms with E-state index in [1.807, 2.05) is 0 Å². The summed E-state index contributed by atoms with van der Waals surface area (Å²) in [5, 5.41) is 3.50. The molecule has 0 aromatic carbocycles. The monoisotopic (exact) mass is 248 g/mol. The highest BCUT2D eigenvalue weighted by Crippen LogP contribution is 2.24. The second-order valence-corrected chi connectivity index (χ2v) is 6.07. The van der Waals surface area contributed by atoms with E-state index in [1.165, 1.54) is 32.1 Å². The van der Waals surface area contributed by atoms with Gasteiger partial charge in [0.1, 0.15) is 0 Å². The van der Waals surface area contributed by atoms with Gasteiger partial charge in [-0.1, -0.05) is 12.2 Å². The zero-order valence-electron chi connectivity index (χ0n) is 11.1. The average molecular weight is 248 g/mol. The van der Waals surface area contributed by atoms with Crippen LogP contribution in [0.15, 0.2) is 12.2 Å². The molecule has 0 aromatic rings. The van der Waals surface area contributed by atoms with Gasteiger partial charge in [-0.2, -0.15) is 0 Å². The molecule has 0 bridgehead atoms. The van der Waals surface area contributed by atoms with E-state index in [1.54, 1.807) is 0 Å². The van der Waals surface area contributed by atoms with Crippen molar-refractivity contribution in [3.8, 4) is 0 Å². The zero-order chi connectivity index (χ0) is 12.4. The first kappa shape index (κ1) is 12.2. The largest absolute Gasteiger partial charge is 0.341 e. The minimum atomic E-state index is 0.116. The van der Waals surface area contributed by atoms with Gasteiger partial charge in [0.25, 0.3) is 0 Å². The normalized spacial score (nSPS) is 32.9. The van der Waals surface area contributed by atoms with E-state index in [9.17, 15) is 4.79 Å². The van der Waals surface area contributed by atoms with Gasteiger partial charge in [-0.15, -0.1) is 0 Å². The molecule has 1 amide bonds. The van der Waals surface area contributed by atoms with Crippen LogP contribution in [0.25, 0.3) is 0 Å². The third-order valence-electron chi connectivity index (χ3n) is 4.40. The van der Waals surface area contributed by atoms with Crippen molar-refractivity contribution >= 4 is 5.91 Å². The maximum absolute atomic E-state index is 12.4. The number of likely N-dealkylation sites (tertiary alicyclic amines) is 1. The lowest BCUT2D eigenvalue weighted by molar-refractivity contribution is -0.136. The van der Waals surface area contributed by atoms with Crippen LogP contribution in [0.2, 0.25) is 0 Å². The third-order valence-corrected chi connectivity index (χ3v) is 4.40. The van der Waals surface area contributed by atoms with Crippen molar-refractivity contribution in [2.24, 2.45) is 5.92 Å². The lowest BCUT2D eigenvalue weighted by Crippen LogP contribution is -2.52. The van der Waals surface area contributed by atoms with Crippen molar-refractivity contribution < 1.29 is 4.79 Å². The van der Waals surface area contributed by atoms with Crippen LogP contribution >= 0.6 is 0 Å². The Kier molecular flexibility index (Phi) is 3.69. The SMILES string of the molecule is O=C1C(NC2CC2)CCCN1CC1CC=CCC1. The fourth-order valence-electron chi connectivity index (χ4n) is 3.14. The molecule has 1 saturated carbocycles. The molecule has 1 heterocycles. The molecule has 0 spiro atoms. The summed E-state index contributed by atoms with van der Waals surface area (Å²) in [7, 11) is 0. The van der Waals surface area contributed by atoms with Gasteiger partial charge in [-0.3, -0.25) is 4.79 Å². The molecule has 3 heteroatoms. The average Bonchev–Trinajstić information content (AvgIpc) is 3.20. The predicted octanol–water partition coefficient (Wildman–Crippen LogP) is 2.09. The van der Waals surface area contributed by atoms with Crippen LogP contribution in [0.4, 0.5) is 0 Å². The number of nitrogens with one attached hydrogen (secondary N) is 1. The van der Waals surface area contributed by atoms with E-state index in [2.05, 4.69) is 22.4 Å². The highest BCUT2D eigenvalue weighted by molar-refractivity contribution is 5.82. The van der Waals surface area contributed by atoms with Crippen molar-refractivity contribution in [2.75, 3.05) is 13.1 Å². The number of carbonyl (C=O) groups is 1. The Balaban J connectivity index is 1.53. The predicted molar refractivity (Wildman–Crippen MR) is 72.2 cm³/mol. The second-order valence-electron chi connectivity index (χ2n) is 6.07. The van der Waals surface area contributed by atoms with E-state index in [-0.39, 0.29) is 6.04 Å². The van der Waals surface area contributed by atoms with Crippen LogP contribution in [-0.4, -0.2) is 36.0 Å². The maximum atomic E-state index is 12.4. The van der Waals surface area contributed by atoms with Gasteiger partial charge in [-0.25, -0.2) is 0 Å². The summed E-state index contributed by atoms with van der Waals surface area (Å²) in [5.41, 5.74) is 0. The molecule has 2 unspecified atom stereocenters. The van der Waals surface area contributed by atoms with Gasteiger partial charge >= 0.3 is 0 Å². The minimum absolute atomic E-state index is 0.116. The van der Waals surface area contributed by atoms with Crippen LogP contribution < -0.4 is 5.32 Å². The van der Waals surface area contributed by atoms with Gasteiger partial charge in [0.2, 0.25) is 5.91 Å². The standard InChI is InChI=1S/C15H24N2O/c18-15-14(16-13-8-9-13)7-4-10-17(15)11-12-5-2-1-3-6-12/h1-2,12-14,16H,3-11H2. The Morgan fingerprint density at radius 3 is 2.83 bits per heavy atom. The van der Waals surface area contributed by atoms with Crippen molar-refractivity contribution in [2.45, 2.75) is 57.0 Å². The molecule has 3 aliphatic rings. The van der Waals surface area contributed by atoms with Gasteiger partial charge in [0, 0.05) is 19.1 Å². The molecule has 2 fully saturated rings. The van der Waals surface area contributed by atoms with Crippen LogP contribution in [0.1, 0.15) is 44.9 Å². The number of piperidine rings is 1. The topological polar surface area (TPSA) is 32.3 Å². The summed E-state index contributed by atoms with van der Waals surface area (Å²) >= 11 is 0. The van der Waals surface area contributed by atoms with E-state index < -0.39 is 0 Å². The first-order valence-electron chi connectivity index (χ1n) is 7.53. The van der Waals surface area contributed by atoms with Crippen LogP contribution in [0.3, 0.4) is 0 Å². The van der Waals surface area contributed by atoms with E-state index in [0.29, 0.717) is 17.9 Å². The van der Waals surface area contributed by atoms with E-state index in [4.69, 9.17) is 0 Å². The molecule has 3 rings (SSSR count). The number of hydrogen-bond donors (Lipinski definition) is 1. The Labute approximate surface area is 110 Å². The van der Waals surface area contributed by atoms with Gasteiger partial charge in [0.15, 0.2) is 0 Å². The first-order chi connectivity index (χ1) is 8.83. The first-order valence-corrected chi connectivity index (χ1v) is 7.53. The van der Waals surface area contributed by atoms with Gasteiger partial charge in [0.05, 0.1) is 6.04 Å². The quantitative estimate of drug-likeness (QED) is 0.773. The summed E-state index contributed by atoms with van der Waals surface area (Å²) in [5.74, 6) is 1.06. The number of nitrogens with zero attached hydrogens (tertiary/aromatic N) is 1. The number of rotatable bonds is 4. The number of allylic oxidation sites excluding steroid dienone is 2. The molecule has 1 aliphatic heterocycles. The Bertz CT molecular complexity index is 335. The van der Waals surface area contributed by atoms with Gasteiger partial charge in [-0.05, 0) is 50.9 Å². The number of hydrogen-bond acceptors (Lipinski definition) is 2. The highest BCUT2D eigenvalue weighted by atomic mass is 16.2. The maximum Gasteiger partial charge on any atom is 0.239 e. The lowest BCUT2D eigenvalue weighted by atomic mass is 9.92. The summed E-state index contributed by atoms with van der Waals surface area (Å²) in [6.07, 6.45) is 12.9. The molecule has 3 nitrogen and oxygen atoms in total. The van der Waals surface area contributed by atoms with Crippen LogP contribution in [0, 0.1) is 5.92 Å². The Hall–Kier alpha value is -0.830. The smallest absolute Gasteiger partial charge is 0.239 e. The summed E-state index contributed by atoms with van der Waals surface area (Å²) in [6.45, 7) is 1.95.